The molecule has 0 saturated heterocycles. The summed E-state index contributed by atoms with van der Waals surface area (Å²) in [5, 5.41) is 20.0. The standard InChI is InChI=1S/C13H9FN2O4S/c14-10-3-8(4-11(6-10)16(19)20)7-21-12-5-9(13(17)18)1-2-15-12/h1-6H,7H2,(H,17,18). The van der Waals surface area contributed by atoms with Crippen molar-refractivity contribution in [3.8, 4) is 0 Å². The van der Waals surface area contributed by atoms with Crippen LogP contribution in [0.1, 0.15) is 15.9 Å². The second-order valence-corrected chi connectivity index (χ2v) is 5.05. The highest BCUT2D eigenvalue weighted by Crippen LogP contribution is 2.24. The van der Waals surface area contributed by atoms with E-state index in [2.05, 4.69) is 4.98 Å². The summed E-state index contributed by atoms with van der Waals surface area (Å²) in [7, 11) is 0. The lowest BCUT2D eigenvalue weighted by Gasteiger charge is -2.03. The predicted octanol–water partition coefficient (Wildman–Crippen LogP) is 3.12. The van der Waals surface area contributed by atoms with Crippen LogP contribution < -0.4 is 0 Å². The zero-order chi connectivity index (χ0) is 15.4. The van der Waals surface area contributed by atoms with E-state index in [9.17, 15) is 19.3 Å². The fraction of sp³-hybridized carbons (Fsp3) is 0.0769. The number of nitro groups is 1. The number of non-ortho nitro benzene ring substituents is 1. The Hall–Kier alpha value is -2.48. The number of hydrogen-bond donors (Lipinski definition) is 1. The first-order chi connectivity index (χ1) is 9.95. The molecule has 2 aromatic rings. The molecule has 0 bridgehead atoms. The van der Waals surface area contributed by atoms with Gasteiger partial charge in [0.25, 0.3) is 5.69 Å². The molecular formula is C13H9FN2O4S. The lowest BCUT2D eigenvalue weighted by Crippen LogP contribution is -1.97. The predicted molar refractivity (Wildman–Crippen MR) is 73.8 cm³/mol. The molecule has 1 N–H and O–H groups in total. The molecule has 2 rings (SSSR count). The SMILES string of the molecule is O=C(O)c1ccnc(SCc2cc(F)cc([N+](=O)[O-])c2)c1. The Kier molecular flexibility index (Phi) is 4.49. The van der Waals surface area contributed by atoms with E-state index in [1.54, 1.807) is 0 Å². The molecule has 1 aromatic heterocycles. The van der Waals surface area contributed by atoms with Crippen LogP contribution in [0.15, 0.2) is 41.6 Å². The van der Waals surface area contributed by atoms with Crippen molar-refractivity contribution in [3.63, 3.8) is 0 Å². The van der Waals surface area contributed by atoms with Crippen LogP contribution in [0.2, 0.25) is 0 Å². The largest absolute Gasteiger partial charge is 0.478 e. The van der Waals surface area contributed by atoms with E-state index in [0.717, 1.165) is 6.07 Å². The Balaban J connectivity index is 2.14. The molecule has 0 aliphatic carbocycles. The average molecular weight is 308 g/mol. The van der Waals surface area contributed by atoms with Gasteiger partial charge < -0.3 is 5.11 Å². The fourth-order valence-electron chi connectivity index (χ4n) is 1.60. The second-order valence-electron chi connectivity index (χ2n) is 4.05. The summed E-state index contributed by atoms with van der Waals surface area (Å²) in [5.41, 5.74) is 0.199. The number of pyridine rings is 1. The lowest BCUT2D eigenvalue weighted by atomic mass is 10.2. The number of nitrogens with zero attached hydrogens (tertiary/aromatic N) is 2. The number of thioether (sulfide) groups is 1. The minimum absolute atomic E-state index is 0.0951. The number of carbonyl (C=O) groups is 1. The highest BCUT2D eigenvalue weighted by atomic mass is 32.2. The molecule has 8 heteroatoms. The van der Waals surface area contributed by atoms with E-state index in [0.29, 0.717) is 10.6 Å². The van der Waals surface area contributed by atoms with Crippen LogP contribution in [-0.2, 0) is 5.75 Å². The van der Waals surface area contributed by atoms with Gasteiger partial charge in [0, 0.05) is 18.0 Å². The molecule has 1 aromatic carbocycles. The molecule has 0 saturated carbocycles. The third-order valence-electron chi connectivity index (χ3n) is 2.52. The maximum atomic E-state index is 13.3. The van der Waals surface area contributed by atoms with E-state index in [1.165, 1.54) is 42.2 Å². The fourth-order valence-corrected chi connectivity index (χ4v) is 2.43. The number of nitro benzene ring substituents is 1. The van der Waals surface area contributed by atoms with Crippen LogP contribution in [-0.4, -0.2) is 21.0 Å². The highest BCUT2D eigenvalue weighted by Gasteiger charge is 2.11. The van der Waals surface area contributed by atoms with Gasteiger partial charge >= 0.3 is 5.97 Å². The molecule has 0 aliphatic rings. The van der Waals surface area contributed by atoms with Gasteiger partial charge in [-0.15, -0.1) is 11.8 Å². The van der Waals surface area contributed by atoms with Gasteiger partial charge in [-0.2, -0.15) is 0 Å². The molecule has 0 radical (unpaired) electrons. The lowest BCUT2D eigenvalue weighted by molar-refractivity contribution is -0.385. The van der Waals surface area contributed by atoms with Crippen molar-refractivity contribution in [2.75, 3.05) is 0 Å². The Morgan fingerprint density at radius 3 is 2.81 bits per heavy atom. The maximum Gasteiger partial charge on any atom is 0.335 e. The van der Waals surface area contributed by atoms with Crippen molar-refractivity contribution < 1.29 is 19.2 Å². The summed E-state index contributed by atoms with van der Waals surface area (Å²) in [6.45, 7) is 0. The van der Waals surface area contributed by atoms with Crippen molar-refractivity contribution in [3.05, 3.63) is 63.6 Å². The third kappa shape index (κ3) is 3.99. The molecule has 0 aliphatic heterocycles. The van der Waals surface area contributed by atoms with Crippen LogP contribution in [0.3, 0.4) is 0 Å². The normalized spacial score (nSPS) is 10.3. The van der Waals surface area contributed by atoms with Crippen LogP contribution in [0.25, 0.3) is 0 Å². The van der Waals surface area contributed by atoms with Crippen LogP contribution in [0.4, 0.5) is 10.1 Å². The zero-order valence-corrected chi connectivity index (χ0v) is 11.3. The molecule has 0 fully saturated rings. The minimum Gasteiger partial charge on any atom is -0.478 e. The number of benzene rings is 1. The van der Waals surface area contributed by atoms with Crippen LogP contribution >= 0.6 is 11.8 Å². The monoisotopic (exact) mass is 308 g/mol. The maximum absolute atomic E-state index is 13.3. The Morgan fingerprint density at radius 1 is 1.38 bits per heavy atom. The smallest absolute Gasteiger partial charge is 0.335 e. The Labute approximate surface area is 122 Å². The number of rotatable bonds is 5. The first-order valence-corrected chi connectivity index (χ1v) is 6.70. The molecule has 0 amide bonds. The Bertz CT molecular complexity index is 708. The number of aromatic carboxylic acids is 1. The van der Waals surface area contributed by atoms with Gasteiger partial charge in [0.05, 0.1) is 21.6 Å². The van der Waals surface area contributed by atoms with Gasteiger partial charge in [-0.05, 0) is 23.8 Å². The van der Waals surface area contributed by atoms with Crippen molar-refractivity contribution in [1.82, 2.24) is 4.98 Å². The van der Waals surface area contributed by atoms with Crippen molar-refractivity contribution in [2.45, 2.75) is 10.8 Å². The second kappa shape index (κ2) is 6.31. The number of carboxylic acid groups (broad SMARTS) is 1. The summed E-state index contributed by atoms with van der Waals surface area (Å²) in [6, 6.07) is 6.07. The molecule has 0 unspecified atom stereocenters. The van der Waals surface area contributed by atoms with Gasteiger partial charge in [-0.3, -0.25) is 10.1 Å². The van der Waals surface area contributed by atoms with Crippen LogP contribution in [0.5, 0.6) is 0 Å². The van der Waals surface area contributed by atoms with E-state index >= 15 is 0 Å². The number of aromatic nitrogens is 1. The molecule has 1 heterocycles. The van der Waals surface area contributed by atoms with Crippen molar-refractivity contribution in [1.29, 1.82) is 0 Å². The van der Waals surface area contributed by atoms with Crippen LogP contribution in [0, 0.1) is 15.9 Å². The number of carboxylic acids is 1. The zero-order valence-electron chi connectivity index (χ0n) is 10.5. The average Bonchev–Trinajstić information content (AvgIpc) is 2.45. The summed E-state index contributed by atoms with van der Waals surface area (Å²) in [4.78, 5) is 24.8. The minimum atomic E-state index is -1.07. The summed E-state index contributed by atoms with van der Waals surface area (Å²) in [5.74, 6) is -1.51. The van der Waals surface area contributed by atoms with Gasteiger partial charge in [-0.1, -0.05) is 0 Å². The highest BCUT2D eigenvalue weighted by molar-refractivity contribution is 7.98. The molecule has 108 valence electrons. The number of halogens is 1. The summed E-state index contributed by atoms with van der Waals surface area (Å²) in [6.07, 6.45) is 1.36. The first-order valence-electron chi connectivity index (χ1n) is 5.72. The molecular weight excluding hydrogens is 299 g/mol. The van der Waals surface area contributed by atoms with E-state index < -0.39 is 16.7 Å². The van der Waals surface area contributed by atoms with E-state index in [-0.39, 0.29) is 17.0 Å². The van der Waals surface area contributed by atoms with Gasteiger partial charge in [0.15, 0.2) is 0 Å². The van der Waals surface area contributed by atoms with Crippen molar-refractivity contribution in [2.24, 2.45) is 0 Å². The van der Waals surface area contributed by atoms with E-state index in [1.807, 2.05) is 0 Å². The van der Waals surface area contributed by atoms with Crippen molar-refractivity contribution >= 4 is 23.4 Å². The molecule has 0 spiro atoms. The topological polar surface area (TPSA) is 93.3 Å². The van der Waals surface area contributed by atoms with E-state index in [4.69, 9.17) is 5.11 Å². The molecule has 0 atom stereocenters. The quantitative estimate of drug-likeness (QED) is 0.518. The van der Waals surface area contributed by atoms with Gasteiger partial charge in [0.2, 0.25) is 0 Å². The third-order valence-corrected chi connectivity index (χ3v) is 3.52. The summed E-state index contributed by atoms with van der Waals surface area (Å²) >= 11 is 1.17. The summed E-state index contributed by atoms with van der Waals surface area (Å²) < 4.78 is 13.3. The first kappa shape index (κ1) is 14.9. The molecule has 21 heavy (non-hydrogen) atoms. The van der Waals surface area contributed by atoms with Gasteiger partial charge in [-0.25, -0.2) is 14.2 Å². The molecule has 6 nitrogen and oxygen atoms in total. The Morgan fingerprint density at radius 2 is 2.14 bits per heavy atom. The number of hydrogen-bond acceptors (Lipinski definition) is 5. The van der Waals surface area contributed by atoms with Gasteiger partial charge in [0.1, 0.15) is 5.82 Å².